The van der Waals surface area contributed by atoms with Gasteiger partial charge in [-0.3, -0.25) is 0 Å². The normalized spacial score (nSPS) is 10.8. The molecule has 4 heteroatoms. The molecule has 0 heterocycles. The number of rotatable bonds is 8. The van der Waals surface area contributed by atoms with E-state index in [0.29, 0.717) is 26.4 Å². The van der Waals surface area contributed by atoms with Crippen LogP contribution in [0.5, 0.6) is 0 Å². The van der Waals surface area contributed by atoms with Gasteiger partial charge in [0, 0.05) is 37.6 Å². The zero-order chi connectivity index (χ0) is 21.9. The molecule has 0 fully saturated rings. The molecule has 2 aromatic carbocycles. The van der Waals surface area contributed by atoms with E-state index in [1.54, 1.807) is 0 Å². The first-order valence-electron chi connectivity index (χ1n) is 10.6. The zero-order valence-corrected chi connectivity index (χ0v) is 18.9. The Morgan fingerprint density at radius 1 is 0.700 bits per heavy atom. The van der Waals surface area contributed by atoms with Crippen molar-refractivity contribution in [2.45, 2.75) is 54.1 Å². The van der Waals surface area contributed by atoms with Crippen LogP contribution in [0.15, 0.2) is 24.3 Å². The lowest BCUT2D eigenvalue weighted by molar-refractivity contribution is -0.0972. The lowest BCUT2D eigenvalue weighted by Gasteiger charge is -2.12. The minimum absolute atomic E-state index is 0.530. The topological polar surface area (TPSA) is 36.9 Å². The van der Waals surface area contributed by atoms with Crippen molar-refractivity contribution in [2.75, 3.05) is 26.4 Å². The molecule has 4 nitrogen and oxygen atoms in total. The Balaban J connectivity index is 2.55. The van der Waals surface area contributed by atoms with Crippen LogP contribution in [0.3, 0.4) is 0 Å². The van der Waals surface area contributed by atoms with Crippen LogP contribution >= 0.6 is 0 Å². The SMILES string of the molecule is CCOC(C#Cc1cc(C)c(C#CC(OCC)OCC)c2ccc(C)cc12)OCC. The minimum atomic E-state index is -0.530. The molecule has 0 unspecified atom stereocenters. The summed E-state index contributed by atoms with van der Waals surface area (Å²) in [6, 6.07) is 8.41. The number of aryl methyl sites for hydroxylation is 2. The highest BCUT2D eigenvalue weighted by molar-refractivity contribution is 5.94. The Morgan fingerprint density at radius 2 is 1.23 bits per heavy atom. The summed E-state index contributed by atoms with van der Waals surface area (Å²) >= 11 is 0. The van der Waals surface area contributed by atoms with E-state index in [1.165, 1.54) is 5.56 Å². The molecule has 0 amide bonds. The predicted molar refractivity (Wildman–Crippen MR) is 121 cm³/mol. The van der Waals surface area contributed by atoms with Crippen LogP contribution in [0.1, 0.15) is 49.9 Å². The maximum absolute atomic E-state index is 5.56. The van der Waals surface area contributed by atoms with Crippen LogP contribution in [-0.4, -0.2) is 39.0 Å². The molecule has 0 aromatic heterocycles. The van der Waals surface area contributed by atoms with Crippen LogP contribution in [0, 0.1) is 37.5 Å². The summed E-state index contributed by atoms with van der Waals surface area (Å²) in [4.78, 5) is 0. The van der Waals surface area contributed by atoms with Crippen molar-refractivity contribution in [1.29, 1.82) is 0 Å². The summed E-state index contributed by atoms with van der Waals surface area (Å²) in [5, 5.41) is 2.13. The summed E-state index contributed by atoms with van der Waals surface area (Å²) in [5.74, 6) is 12.8. The quantitative estimate of drug-likeness (QED) is 0.457. The van der Waals surface area contributed by atoms with E-state index in [1.807, 2.05) is 34.6 Å². The maximum atomic E-state index is 5.56. The smallest absolute Gasteiger partial charge is 0.222 e. The van der Waals surface area contributed by atoms with Crippen molar-refractivity contribution >= 4 is 10.8 Å². The van der Waals surface area contributed by atoms with Gasteiger partial charge in [0.25, 0.3) is 0 Å². The third-order valence-corrected chi connectivity index (χ3v) is 4.40. The van der Waals surface area contributed by atoms with Crippen LogP contribution < -0.4 is 0 Å². The first-order valence-corrected chi connectivity index (χ1v) is 10.6. The molecule has 0 bridgehead atoms. The summed E-state index contributed by atoms with van der Waals surface area (Å²) in [7, 11) is 0. The molecule has 30 heavy (non-hydrogen) atoms. The van der Waals surface area contributed by atoms with E-state index in [4.69, 9.17) is 18.9 Å². The average molecular weight is 409 g/mol. The maximum Gasteiger partial charge on any atom is 0.222 e. The van der Waals surface area contributed by atoms with Crippen molar-refractivity contribution in [3.8, 4) is 23.7 Å². The van der Waals surface area contributed by atoms with Gasteiger partial charge in [-0.1, -0.05) is 35.6 Å². The molecule has 0 saturated carbocycles. The molecule has 2 rings (SSSR count). The summed E-state index contributed by atoms with van der Waals surface area (Å²) in [6.07, 6.45) is -1.06. The van der Waals surface area contributed by atoms with Crippen molar-refractivity contribution in [2.24, 2.45) is 0 Å². The Kier molecular flexibility index (Phi) is 9.87. The predicted octanol–water partition coefficient (Wildman–Crippen LogP) is 4.96. The van der Waals surface area contributed by atoms with Gasteiger partial charge in [0.15, 0.2) is 0 Å². The molecule has 0 aliphatic carbocycles. The molecular formula is C26H32O4. The Morgan fingerprint density at radius 3 is 1.77 bits per heavy atom. The van der Waals surface area contributed by atoms with Crippen molar-refractivity contribution in [3.63, 3.8) is 0 Å². The molecule has 0 spiro atoms. The van der Waals surface area contributed by atoms with Gasteiger partial charge in [-0.05, 0) is 75.8 Å². The van der Waals surface area contributed by atoms with Crippen LogP contribution in [0.25, 0.3) is 10.8 Å². The fraction of sp³-hybridized carbons (Fsp3) is 0.462. The fourth-order valence-electron chi connectivity index (χ4n) is 3.08. The van der Waals surface area contributed by atoms with E-state index in [2.05, 4.69) is 54.9 Å². The Labute approximate surface area is 180 Å². The molecule has 0 saturated heterocycles. The van der Waals surface area contributed by atoms with E-state index in [9.17, 15) is 0 Å². The Hall–Kier alpha value is -2.34. The van der Waals surface area contributed by atoms with Crippen LogP contribution in [0.2, 0.25) is 0 Å². The lowest BCUT2D eigenvalue weighted by Crippen LogP contribution is -2.15. The molecule has 0 atom stereocenters. The van der Waals surface area contributed by atoms with E-state index >= 15 is 0 Å². The number of hydrogen-bond donors (Lipinski definition) is 0. The second-order valence-corrected chi connectivity index (χ2v) is 6.69. The first-order chi connectivity index (χ1) is 14.5. The average Bonchev–Trinajstić information content (AvgIpc) is 2.72. The minimum Gasteiger partial charge on any atom is -0.342 e. The van der Waals surface area contributed by atoms with Gasteiger partial charge < -0.3 is 18.9 Å². The number of hydrogen-bond acceptors (Lipinski definition) is 4. The molecule has 160 valence electrons. The third-order valence-electron chi connectivity index (χ3n) is 4.40. The monoisotopic (exact) mass is 408 g/mol. The highest BCUT2D eigenvalue weighted by atomic mass is 16.7. The zero-order valence-electron chi connectivity index (χ0n) is 18.9. The molecule has 0 N–H and O–H groups in total. The van der Waals surface area contributed by atoms with Crippen molar-refractivity contribution in [1.82, 2.24) is 0 Å². The van der Waals surface area contributed by atoms with Crippen LogP contribution in [0.4, 0.5) is 0 Å². The second kappa shape index (κ2) is 12.4. The summed E-state index contributed by atoms with van der Waals surface area (Å²) in [5.41, 5.74) is 4.12. The lowest BCUT2D eigenvalue weighted by atomic mass is 9.94. The van der Waals surface area contributed by atoms with E-state index < -0.39 is 12.6 Å². The van der Waals surface area contributed by atoms with Gasteiger partial charge in [-0.15, -0.1) is 0 Å². The van der Waals surface area contributed by atoms with Gasteiger partial charge in [-0.25, -0.2) is 0 Å². The van der Waals surface area contributed by atoms with Gasteiger partial charge in [0.1, 0.15) is 0 Å². The van der Waals surface area contributed by atoms with Gasteiger partial charge >= 0.3 is 0 Å². The number of benzene rings is 2. The third kappa shape index (κ3) is 6.59. The van der Waals surface area contributed by atoms with Gasteiger partial charge in [0.2, 0.25) is 12.6 Å². The fourth-order valence-corrected chi connectivity index (χ4v) is 3.08. The molecule has 0 aliphatic rings. The molecule has 0 aliphatic heterocycles. The largest absolute Gasteiger partial charge is 0.342 e. The van der Waals surface area contributed by atoms with Crippen LogP contribution in [-0.2, 0) is 18.9 Å². The molecular weight excluding hydrogens is 376 g/mol. The molecule has 0 radical (unpaired) electrons. The highest BCUT2D eigenvalue weighted by Crippen LogP contribution is 2.26. The second-order valence-electron chi connectivity index (χ2n) is 6.69. The van der Waals surface area contributed by atoms with Gasteiger partial charge in [0.05, 0.1) is 0 Å². The summed E-state index contributed by atoms with van der Waals surface area (Å²) < 4.78 is 22.2. The number of fused-ring (bicyclic) bond motifs is 1. The van der Waals surface area contributed by atoms with Crippen molar-refractivity contribution < 1.29 is 18.9 Å². The number of ether oxygens (including phenoxy) is 4. The van der Waals surface area contributed by atoms with Gasteiger partial charge in [-0.2, -0.15) is 0 Å². The highest BCUT2D eigenvalue weighted by Gasteiger charge is 2.10. The first kappa shape index (κ1) is 23.9. The van der Waals surface area contributed by atoms with Crippen molar-refractivity contribution in [3.05, 3.63) is 46.5 Å². The Bertz CT molecular complexity index is 944. The van der Waals surface area contributed by atoms with E-state index in [0.717, 1.165) is 27.5 Å². The standard InChI is InChI=1S/C26H32O4/c1-7-27-25(28-8-2)15-12-21-18-20(6)22(14-16-26(29-9-3)30-10-4)23-13-11-19(5)17-24(21)23/h11,13,17-18,25-26H,7-10H2,1-6H3. The van der Waals surface area contributed by atoms with E-state index in [-0.39, 0.29) is 0 Å². The summed E-state index contributed by atoms with van der Waals surface area (Å²) in [6.45, 7) is 14.1. The molecule has 2 aromatic rings.